The molecule has 1 fully saturated rings. The van der Waals surface area contributed by atoms with Crippen molar-refractivity contribution in [3.8, 4) is 0 Å². The number of carboxylic acid groups (broad SMARTS) is 1. The summed E-state index contributed by atoms with van der Waals surface area (Å²) < 4.78 is 2.81. The first-order valence-electron chi connectivity index (χ1n) is 6.55. The van der Waals surface area contributed by atoms with Crippen LogP contribution in [0.2, 0.25) is 0 Å². The number of hydrogen-bond acceptors (Lipinski definition) is 3. The molecule has 1 N–H and O–H groups in total. The molecule has 106 valence electrons. The second kappa shape index (κ2) is 5.63. The number of nitrogens with zero attached hydrogens (tertiary/aromatic N) is 3. The Morgan fingerprint density at radius 3 is 2.79 bits per heavy atom. The van der Waals surface area contributed by atoms with Gasteiger partial charge in [0.25, 0.3) is 0 Å². The summed E-state index contributed by atoms with van der Waals surface area (Å²) in [6.07, 6.45) is 1.78. The zero-order chi connectivity index (χ0) is 14.2. The van der Waals surface area contributed by atoms with Gasteiger partial charge >= 0.3 is 5.97 Å². The first-order valence-corrected chi connectivity index (χ1v) is 7.34. The van der Waals surface area contributed by atoms with Crippen molar-refractivity contribution in [2.75, 3.05) is 6.54 Å². The molecule has 0 radical (unpaired) electrons. The number of piperidine rings is 1. The molecule has 2 unspecified atom stereocenters. The highest BCUT2D eigenvalue weighted by Gasteiger charge is 2.32. The van der Waals surface area contributed by atoms with Crippen molar-refractivity contribution in [2.24, 2.45) is 13.0 Å². The molecule has 0 aliphatic carbocycles. The highest BCUT2D eigenvalue weighted by Crippen LogP contribution is 2.27. The molecule has 19 heavy (non-hydrogen) atoms. The number of hydrogen-bond donors (Lipinski definition) is 1. The average Bonchev–Trinajstić information content (AvgIpc) is 2.57. The summed E-state index contributed by atoms with van der Waals surface area (Å²) in [5.74, 6) is -0.240. The van der Waals surface area contributed by atoms with Crippen molar-refractivity contribution in [1.29, 1.82) is 0 Å². The van der Waals surface area contributed by atoms with Gasteiger partial charge in [0, 0.05) is 13.6 Å². The zero-order valence-electron chi connectivity index (χ0n) is 11.6. The summed E-state index contributed by atoms with van der Waals surface area (Å²) in [7, 11) is 1.90. The number of aryl methyl sites for hydroxylation is 2. The summed E-state index contributed by atoms with van der Waals surface area (Å²) >= 11 is 3.54. The molecule has 1 saturated heterocycles. The summed E-state index contributed by atoms with van der Waals surface area (Å²) in [5.41, 5.74) is 1.98. The van der Waals surface area contributed by atoms with Gasteiger partial charge in [-0.25, -0.2) is 0 Å². The quantitative estimate of drug-likeness (QED) is 0.923. The van der Waals surface area contributed by atoms with Crippen molar-refractivity contribution in [1.82, 2.24) is 14.7 Å². The van der Waals surface area contributed by atoms with E-state index in [2.05, 4.69) is 28.0 Å². The Morgan fingerprint density at radius 1 is 1.58 bits per heavy atom. The molecule has 1 aromatic rings. The fourth-order valence-electron chi connectivity index (χ4n) is 2.68. The number of rotatable bonds is 3. The fourth-order valence-corrected chi connectivity index (χ4v) is 3.14. The highest BCUT2D eigenvalue weighted by atomic mass is 79.9. The van der Waals surface area contributed by atoms with Gasteiger partial charge < -0.3 is 5.11 Å². The second-order valence-corrected chi connectivity index (χ2v) is 6.22. The van der Waals surface area contributed by atoms with Crippen LogP contribution in [0.1, 0.15) is 31.2 Å². The Bertz CT molecular complexity index is 486. The van der Waals surface area contributed by atoms with Gasteiger partial charge in [-0.1, -0.05) is 6.92 Å². The molecule has 5 nitrogen and oxygen atoms in total. The molecule has 1 aromatic heterocycles. The van der Waals surface area contributed by atoms with Crippen LogP contribution >= 0.6 is 15.9 Å². The lowest BCUT2D eigenvalue weighted by atomic mass is 9.92. The van der Waals surface area contributed by atoms with Crippen LogP contribution in [0.4, 0.5) is 0 Å². The second-order valence-electron chi connectivity index (χ2n) is 5.42. The van der Waals surface area contributed by atoms with Gasteiger partial charge in [-0.15, -0.1) is 0 Å². The largest absolute Gasteiger partial charge is 0.480 e. The molecular weight excluding hydrogens is 310 g/mol. The standard InChI is InChI=1S/C13H20BrN3O2/c1-8-4-5-17(10(6-8)13(18)19)7-11-12(14)9(2)15-16(11)3/h8,10H,4-7H2,1-3H3,(H,18,19). The van der Waals surface area contributed by atoms with E-state index in [0.717, 1.165) is 35.2 Å². The average molecular weight is 330 g/mol. The van der Waals surface area contributed by atoms with E-state index >= 15 is 0 Å². The minimum atomic E-state index is -0.721. The zero-order valence-corrected chi connectivity index (χ0v) is 13.1. The van der Waals surface area contributed by atoms with E-state index in [1.54, 1.807) is 0 Å². The summed E-state index contributed by atoms with van der Waals surface area (Å²) in [4.78, 5) is 13.4. The Kier molecular flexibility index (Phi) is 4.30. The molecule has 0 saturated carbocycles. The lowest BCUT2D eigenvalue weighted by molar-refractivity contribution is -0.145. The molecule has 0 aromatic carbocycles. The Labute approximate surface area is 121 Å². The van der Waals surface area contributed by atoms with Crippen molar-refractivity contribution in [3.63, 3.8) is 0 Å². The number of aliphatic carboxylic acids is 1. The third kappa shape index (κ3) is 3.00. The first kappa shape index (κ1) is 14.5. The summed E-state index contributed by atoms with van der Waals surface area (Å²) in [5, 5.41) is 13.7. The predicted molar refractivity (Wildman–Crippen MR) is 75.9 cm³/mol. The summed E-state index contributed by atoms with van der Waals surface area (Å²) in [6, 6.07) is -0.383. The van der Waals surface area contributed by atoms with Gasteiger partial charge in [0.1, 0.15) is 6.04 Å². The fraction of sp³-hybridized carbons (Fsp3) is 0.692. The van der Waals surface area contributed by atoms with Crippen molar-refractivity contribution in [2.45, 2.75) is 39.3 Å². The smallest absolute Gasteiger partial charge is 0.320 e. The van der Waals surface area contributed by atoms with E-state index in [1.165, 1.54) is 0 Å². The van der Waals surface area contributed by atoms with E-state index in [0.29, 0.717) is 12.5 Å². The number of carboxylic acids is 1. The molecule has 1 aliphatic rings. The molecule has 2 rings (SSSR count). The van der Waals surface area contributed by atoms with Crippen LogP contribution in [-0.2, 0) is 18.4 Å². The van der Waals surface area contributed by atoms with E-state index in [1.807, 2.05) is 23.6 Å². The lowest BCUT2D eigenvalue weighted by Crippen LogP contribution is -2.46. The van der Waals surface area contributed by atoms with Gasteiger partial charge in [0.05, 0.1) is 15.9 Å². The minimum absolute atomic E-state index is 0.383. The Hall–Kier alpha value is -0.880. The van der Waals surface area contributed by atoms with Gasteiger partial charge in [-0.3, -0.25) is 14.4 Å². The van der Waals surface area contributed by atoms with Crippen LogP contribution in [0.5, 0.6) is 0 Å². The normalized spacial score (nSPS) is 24.6. The van der Waals surface area contributed by atoms with Gasteiger partial charge in [0.15, 0.2) is 0 Å². The highest BCUT2D eigenvalue weighted by molar-refractivity contribution is 9.10. The Morgan fingerprint density at radius 2 is 2.26 bits per heavy atom. The van der Waals surface area contributed by atoms with Gasteiger partial charge in [-0.05, 0) is 48.2 Å². The molecule has 1 aliphatic heterocycles. The maximum Gasteiger partial charge on any atom is 0.320 e. The number of aromatic nitrogens is 2. The number of carbonyl (C=O) groups is 1. The molecule has 0 amide bonds. The topological polar surface area (TPSA) is 58.4 Å². The third-order valence-electron chi connectivity index (χ3n) is 3.88. The number of likely N-dealkylation sites (tertiary alicyclic amines) is 1. The minimum Gasteiger partial charge on any atom is -0.480 e. The van der Waals surface area contributed by atoms with Crippen LogP contribution in [0.15, 0.2) is 4.47 Å². The maximum absolute atomic E-state index is 11.4. The van der Waals surface area contributed by atoms with Crippen molar-refractivity contribution in [3.05, 3.63) is 15.9 Å². The molecule has 6 heteroatoms. The SMILES string of the molecule is Cc1nn(C)c(CN2CCC(C)CC2C(=O)O)c1Br. The van der Waals surface area contributed by atoms with Crippen LogP contribution in [0.25, 0.3) is 0 Å². The molecule has 0 spiro atoms. The van der Waals surface area contributed by atoms with Crippen molar-refractivity contribution < 1.29 is 9.90 Å². The van der Waals surface area contributed by atoms with Crippen LogP contribution in [-0.4, -0.2) is 38.3 Å². The van der Waals surface area contributed by atoms with Crippen LogP contribution < -0.4 is 0 Å². The molecular formula is C13H20BrN3O2. The first-order chi connectivity index (χ1) is 8.90. The molecule has 2 heterocycles. The lowest BCUT2D eigenvalue weighted by Gasteiger charge is -2.35. The monoisotopic (exact) mass is 329 g/mol. The molecule has 0 bridgehead atoms. The number of halogens is 1. The summed E-state index contributed by atoms with van der Waals surface area (Å²) in [6.45, 7) is 5.52. The van der Waals surface area contributed by atoms with E-state index in [-0.39, 0.29) is 6.04 Å². The Balaban J connectivity index is 2.19. The van der Waals surface area contributed by atoms with E-state index in [4.69, 9.17) is 0 Å². The van der Waals surface area contributed by atoms with E-state index < -0.39 is 5.97 Å². The predicted octanol–water partition coefficient (Wildman–Crippen LogP) is 2.18. The van der Waals surface area contributed by atoms with Gasteiger partial charge in [-0.2, -0.15) is 5.10 Å². The molecule has 2 atom stereocenters. The third-order valence-corrected chi connectivity index (χ3v) is 4.91. The maximum atomic E-state index is 11.4. The van der Waals surface area contributed by atoms with Crippen LogP contribution in [0.3, 0.4) is 0 Å². The van der Waals surface area contributed by atoms with Crippen molar-refractivity contribution >= 4 is 21.9 Å². The van der Waals surface area contributed by atoms with Crippen LogP contribution in [0, 0.1) is 12.8 Å². The van der Waals surface area contributed by atoms with Gasteiger partial charge in [0.2, 0.25) is 0 Å². The van der Waals surface area contributed by atoms with E-state index in [9.17, 15) is 9.90 Å².